The van der Waals surface area contributed by atoms with Crippen LogP contribution in [0.1, 0.15) is 25.0 Å². The van der Waals surface area contributed by atoms with Crippen LogP contribution in [0.5, 0.6) is 0 Å². The highest BCUT2D eigenvalue weighted by atomic mass is 32.1. The predicted molar refractivity (Wildman–Crippen MR) is 255 cm³/mol. The van der Waals surface area contributed by atoms with E-state index in [1.54, 1.807) is 0 Å². The fourth-order valence-corrected chi connectivity index (χ4v) is 10.8. The van der Waals surface area contributed by atoms with Crippen LogP contribution in [0, 0.1) is 0 Å². The number of rotatable bonds is 5. The van der Waals surface area contributed by atoms with Crippen LogP contribution in [0.25, 0.3) is 109 Å². The van der Waals surface area contributed by atoms with Gasteiger partial charge in [0.25, 0.3) is 0 Å². The molecule has 11 aromatic rings. The lowest BCUT2D eigenvalue weighted by molar-refractivity contribution is 0.661. The molecule has 0 unspecified atom stereocenters. The van der Waals surface area contributed by atoms with Crippen molar-refractivity contribution in [3.8, 4) is 67.3 Å². The summed E-state index contributed by atoms with van der Waals surface area (Å²) in [4.78, 5) is 10.6. The summed E-state index contributed by atoms with van der Waals surface area (Å²) < 4.78 is 2.62. The Labute approximate surface area is 353 Å². The molecular formula is C57H38N2S. The van der Waals surface area contributed by atoms with Gasteiger partial charge in [0.1, 0.15) is 0 Å². The Balaban J connectivity index is 1.02. The van der Waals surface area contributed by atoms with Gasteiger partial charge in [-0.2, -0.15) is 0 Å². The van der Waals surface area contributed by atoms with Gasteiger partial charge in [-0.25, -0.2) is 9.97 Å². The number of hydrogen-bond donors (Lipinski definition) is 0. The summed E-state index contributed by atoms with van der Waals surface area (Å²) in [5.41, 5.74) is 15.1. The van der Waals surface area contributed by atoms with Gasteiger partial charge in [-0.3, -0.25) is 0 Å². The molecule has 2 nitrogen and oxygen atoms in total. The minimum absolute atomic E-state index is 0.117. The maximum Gasteiger partial charge on any atom is 0.160 e. The van der Waals surface area contributed by atoms with Crippen molar-refractivity contribution in [3.05, 3.63) is 205 Å². The zero-order valence-corrected chi connectivity index (χ0v) is 34.1. The van der Waals surface area contributed by atoms with Crippen molar-refractivity contribution in [2.45, 2.75) is 19.3 Å². The molecule has 0 radical (unpaired) electrons. The van der Waals surface area contributed by atoms with Crippen LogP contribution in [0.15, 0.2) is 194 Å². The first-order valence-electron chi connectivity index (χ1n) is 20.6. The Morgan fingerprint density at radius 2 is 1.00 bits per heavy atom. The molecule has 9 aromatic carbocycles. The summed E-state index contributed by atoms with van der Waals surface area (Å²) in [7, 11) is 0. The Morgan fingerprint density at radius 1 is 0.367 bits per heavy atom. The minimum atomic E-state index is -0.117. The van der Waals surface area contributed by atoms with Gasteiger partial charge in [0.15, 0.2) is 5.82 Å². The SMILES string of the molecule is CC1(C)c2cc3ccccc3cc2-c2c(-c3ccc(-c4cc(-c5cccc(-c6ccc7sc8ccccc8c7c6)c5)nc(-c5ccccc5)n4)c4ccccc34)cccc21. The third-order valence-corrected chi connectivity index (χ3v) is 13.8. The normalized spacial score (nSPS) is 13.0. The van der Waals surface area contributed by atoms with Crippen LogP contribution in [0.2, 0.25) is 0 Å². The number of fused-ring (bicyclic) bond motifs is 8. The summed E-state index contributed by atoms with van der Waals surface area (Å²) in [5.74, 6) is 0.708. The van der Waals surface area contributed by atoms with Crippen molar-refractivity contribution in [1.29, 1.82) is 0 Å². The lowest BCUT2D eigenvalue weighted by atomic mass is 9.81. The van der Waals surface area contributed by atoms with E-state index in [2.05, 4.69) is 202 Å². The first kappa shape index (κ1) is 34.8. The topological polar surface area (TPSA) is 25.8 Å². The molecule has 1 aliphatic rings. The van der Waals surface area contributed by atoms with E-state index in [0.717, 1.165) is 39.0 Å². The molecule has 2 aromatic heterocycles. The van der Waals surface area contributed by atoms with E-state index in [1.807, 2.05) is 17.4 Å². The molecule has 0 saturated heterocycles. The fourth-order valence-electron chi connectivity index (χ4n) is 9.67. The largest absolute Gasteiger partial charge is 0.228 e. The number of hydrogen-bond acceptors (Lipinski definition) is 3. The van der Waals surface area contributed by atoms with E-state index in [1.165, 1.54) is 75.3 Å². The Bertz CT molecular complexity index is 3520. The summed E-state index contributed by atoms with van der Waals surface area (Å²) in [6, 6.07) is 70.7. The van der Waals surface area contributed by atoms with Crippen molar-refractivity contribution in [2.24, 2.45) is 0 Å². The molecule has 0 amide bonds. The lowest BCUT2D eigenvalue weighted by Gasteiger charge is -2.22. The average molecular weight is 783 g/mol. The molecule has 0 N–H and O–H groups in total. The highest BCUT2D eigenvalue weighted by Gasteiger charge is 2.37. The minimum Gasteiger partial charge on any atom is -0.228 e. The van der Waals surface area contributed by atoms with E-state index in [4.69, 9.17) is 9.97 Å². The highest BCUT2D eigenvalue weighted by molar-refractivity contribution is 7.25. The van der Waals surface area contributed by atoms with Gasteiger partial charge < -0.3 is 0 Å². The second-order valence-electron chi connectivity index (χ2n) is 16.5. The van der Waals surface area contributed by atoms with Crippen LogP contribution in [0.4, 0.5) is 0 Å². The molecule has 0 spiro atoms. The van der Waals surface area contributed by atoms with Gasteiger partial charge in [0.05, 0.1) is 11.4 Å². The number of aromatic nitrogens is 2. The smallest absolute Gasteiger partial charge is 0.160 e. The number of nitrogens with zero attached hydrogens (tertiary/aromatic N) is 2. The van der Waals surface area contributed by atoms with Gasteiger partial charge in [-0.15, -0.1) is 11.3 Å². The third-order valence-electron chi connectivity index (χ3n) is 12.7. The maximum absolute atomic E-state index is 5.32. The summed E-state index contributed by atoms with van der Waals surface area (Å²) >= 11 is 1.85. The molecule has 12 rings (SSSR count). The van der Waals surface area contributed by atoms with Gasteiger partial charge in [0.2, 0.25) is 0 Å². The van der Waals surface area contributed by atoms with E-state index in [0.29, 0.717) is 5.82 Å². The molecule has 282 valence electrons. The Hall–Kier alpha value is -7.20. The van der Waals surface area contributed by atoms with Crippen molar-refractivity contribution in [3.63, 3.8) is 0 Å². The first-order valence-corrected chi connectivity index (χ1v) is 21.5. The second-order valence-corrected chi connectivity index (χ2v) is 17.6. The quantitative estimate of drug-likeness (QED) is 0.174. The van der Waals surface area contributed by atoms with Gasteiger partial charge >= 0.3 is 0 Å². The van der Waals surface area contributed by atoms with Crippen LogP contribution in [-0.2, 0) is 5.41 Å². The van der Waals surface area contributed by atoms with Crippen molar-refractivity contribution >= 4 is 53.1 Å². The third kappa shape index (κ3) is 5.47. The Morgan fingerprint density at radius 3 is 1.85 bits per heavy atom. The summed E-state index contributed by atoms with van der Waals surface area (Å²) in [6.07, 6.45) is 0. The van der Waals surface area contributed by atoms with Gasteiger partial charge in [-0.05, 0) is 109 Å². The van der Waals surface area contributed by atoms with Crippen molar-refractivity contribution < 1.29 is 0 Å². The molecule has 0 aliphatic heterocycles. The zero-order valence-electron chi connectivity index (χ0n) is 33.3. The zero-order chi connectivity index (χ0) is 40.0. The molecule has 2 heterocycles. The molecule has 0 bridgehead atoms. The van der Waals surface area contributed by atoms with Gasteiger partial charge in [0, 0.05) is 42.3 Å². The average Bonchev–Trinajstić information content (AvgIpc) is 3.79. The van der Waals surface area contributed by atoms with Crippen LogP contribution in [0.3, 0.4) is 0 Å². The molecule has 3 heteroatoms. The van der Waals surface area contributed by atoms with E-state index < -0.39 is 0 Å². The lowest BCUT2D eigenvalue weighted by Crippen LogP contribution is -2.14. The number of benzene rings is 9. The van der Waals surface area contributed by atoms with E-state index in [9.17, 15) is 0 Å². The first-order chi connectivity index (χ1) is 29.5. The van der Waals surface area contributed by atoms with E-state index >= 15 is 0 Å². The summed E-state index contributed by atoms with van der Waals surface area (Å²) in [5, 5.41) is 7.53. The highest BCUT2D eigenvalue weighted by Crippen LogP contribution is 2.54. The fraction of sp³-hybridized carbons (Fsp3) is 0.0526. The second kappa shape index (κ2) is 13.4. The molecular weight excluding hydrogens is 745 g/mol. The molecule has 0 atom stereocenters. The Kier molecular flexibility index (Phi) is 7.79. The van der Waals surface area contributed by atoms with E-state index in [-0.39, 0.29) is 5.41 Å². The molecule has 0 fully saturated rings. The standard InChI is InChI=1S/C57H38N2S/c1-57(2)49-24-13-23-46(55(49)48-32-37-16-6-7-17-38(37)33-50(48)57)43-27-28-44(42-21-9-8-20-41(42)43)52-34-51(58-56(59-52)35-14-4-3-5-15-35)40-19-12-18-36(30-40)39-26-29-54-47(31-39)45-22-10-11-25-53(45)60-54/h3-34H,1-2H3. The maximum atomic E-state index is 5.32. The number of thiophene rings is 1. The van der Waals surface area contributed by atoms with Crippen LogP contribution < -0.4 is 0 Å². The van der Waals surface area contributed by atoms with Gasteiger partial charge in [-0.1, -0.05) is 166 Å². The van der Waals surface area contributed by atoms with Crippen LogP contribution in [-0.4, -0.2) is 9.97 Å². The predicted octanol–water partition coefficient (Wildman–Crippen LogP) is 15.8. The molecule has 60 heavy (non-hydrogen) atoms. The monoisotopic (exact) mass is 782 g/mol. The summed E-state index contributed by atoms with van der Waals surface area (Å²) in [6.45, 7) is 4.74. The molecule has 0 saturated carbocycles. The van der Waals surface area contributed by atoms with Crippen molar-refractivity contribution in [2.75, 3.05) is 0 Å². The van der Waals surface area contributed by atoms with Crippen molar-refractivity contribution in [1.82, 2.24) is 9.97 Å². The van der Waals surface area contributed by atoms with Crippen LogP contribution >= 0.6 is 11.3 Å². The molecule has 1 aliphatic carbocycles.